The van der Waals surface area contributed by atoms with Gasteiger partial charge in [0.2, 0.25) is 0 Å². The van der Waals surface area contributed by atoms with Gasteiger partial charge < -0.3 is 19.9 Å². The topological polar surface area (TPSA) is 77.8 Å². The maximum Gasteiger partial charge on any atom is 0.141 e. The number of aliphatic hydroxyl groups excluding tert-OH is 1. The van der Waals surface area contributed by atoms with Crippen molar-refractivity contribution in [3.05, 3.63) is 29.3 Å². The molecular formula is C17H25N3O3. The van der Waals surface area contributed by atoms with Gasteiger partial charge in [0.15, 0.2) is 0 Å². The monoisotopic (exact) mass is 319 g/mol. The van der Waals surface area contributed by atoms with Crippen LogP contribution in [0.5, 0.6) is 5.75 Å². The van der Waals surface area contributed by atoms with E-state index < -0.39 is 5.54 Å². The van der Waals surface area contributed by atoms with E-state index in [1.165, 1.54) is 0 Å². The minimum Gasteiger partial charge on any atom is -0.495 e. The Kier molecular flexibility index (Phi) is 5.97. The van der Waals surface area contributed by atoms with Crippen LogP contribution < -0.4 is 10.1 Å². The molecule has 2 N–H and O–H groups in total. The molecule has 0 bridgehead atoms. The Bertz CT molecular complexity index is 573. The summed E-state index contributed by atoms with van der Waals surface area (Å²) in [5.74, 6) is 0.599. The molecule has 1 fully saturated rings. The molecule has 1 heterocycles. The molecule has 1 aliphatic rings. The molecule has 2 atom stereocenters. The van der Waals surface area contributed by atoms with Crippen molar-refractivity contribution in [1.29, 1.82) is 5.26 Å². The van der Waals surface area contributed by atoms with Crippen LogP contribution in [0.1, 0.15) is 18.1 Å². The van der Waals surface area contributed by atoms with Crippen molar-refractivity contribution in [2.45, 2.75) is 25.0 Å². The summed E-state index contributed by atoms with van der Waals surface area (Å²) in [5, 5.41) is 22.4. The van der Waals surface area contributed by atoms with E-state index in [0.717, 1.165) is 5.56 Å². The summed E-state index contributed by atoms with van der Waals surface area (Å²) < 4.78 is 11.0. The number of benzene rings is 1. The second kappa shape index (κ2) is 7.75. The third kappa shape index (κ3) is 3.65. The molecule has 0 spiro atoms. The molecular weight excluding hydrogens is 294 g/mol. The Morgan fingerprint density at radius 1 is 1.57 bits per heavy atom. The van der Waals surface area contributed by atoms with E-state index in [1.54, 1.807) is 13.2 Å². The van der Waals surface area contributed by atoms with Crippen molar-refractivity contribution in [2.75, 3.05) is 40.5 Å². The number of nitrogens with one attached hydrogen (secondary N) is 1. The predicted octanol–water partition coefficient (Wildman–Crippen LogP) is 0.738. The zero-order valence-electron chi connectivity index (χ0n) is 14.0. The standard InChI is InChI=1S/C17H25N3O3/c1-13-9-23-12-17(11-21,20(13)2)10-19-8-15-6-4-5-14(7-18)16(15)22-3/h4-6,13,19,21H,8-12H2,1-3H3/t13-,17+/m1/s1. The normalized spacial score (nSPS) is 25.1. The molecule has 0 aromatic heterocycles. The zero-order valence-corrected chi connectivity index (χ0v) is 14.0. The van der Waals surface area contributed by atoms with Gasteiger partial charge in [-0.15, -0.1) is 0 Å². The first-order valence-electron chi connectivity index (χ1n) is 7.76. The van der Waals surface area contributed by atoms with Crippen LogP contribution in [0.3, 0.4) is 0 Å². The van der Waals surface area contributed by atoms with Gasteiger partial charge in [0, 0.05) is 24.7 Å². The van der Waals surface area contributed by atoms with Crippen molar-refractivity contribution in [1.82, 2.24) is 10.2 Å². The molecule has 0 unspecified atom stereocenters. The van der Waals surface area contributed by atoms with E-state index in [9.17, 15) is 5.11 Å². The third-order valence-electron chi connectivity index (χ3n) is 4.62. The average Bonchev–Trinajstić information content (AvgIpc) is 2.58. The summed E-state index contributed by atoms with van der Waals surface area (Å²) in [5.41, 5.74) is 1.01. The largest absolute Gasteiger partial charge is 0.495 e. The average molecular weight is 319 g/mol. The number of para-hydroxylation sites is 1. The van der Waals surface area contributed by atoms with E-state index in [1.807, 2.05) is 19.2 Å². The lowest BCUT2D eigenvalue weighted by Gasteiger charge is -2.47. The molecule has 0 saturated carbocycles. The molecule has 126 valence electrons. The Labute approximate surface area is 137 Å². The summed E-state index contributed by atoms with van der Waals surface area (Å²) in [4.78, 5) is 2.17. The zero-order chi connectivity index (χ0) is 16.9. The van der Waals surface area contributed by atoms with Crippen LogP contribution in [0.25, 0.3) is 0 Å². The maximum atomic E-state index is 9.88. The second-order valence-electron chi connectivity index (χ2n) is 6.07. The number of nitriles is 1. The van der Waals surface area contributed by atoms with E-state index >= 15 is 0 Å². The Morgan fingerprint density at radius 3 is 3.00 bits per heavy atom. The molecule has 6 nitrogen and oxygen atoms in total. The smallest absolute Gasteiger partial charge is 0.141 e. The van der Waals surface area contributed by atoms with E-state index in [0.29, 0.717) is 37.6 Å². The lowest BCUT2D eigenvalue weighted by atomic mass is 9.96. The molecule has 0 amide bonds. The molecule has 1 aromatic rings. The predicted molar refractivity (Wildman–Crippen MR) is 87.3 cm³/mol. The fourth-order valence-corrected chi connectivity index (χ4v) is 2.97. The van der Waals surface area contributed by atoms with Crippen LogP contribution in [0.15, 0.2) is 18.2 Å². The Balaban J connectivity index is 2.05. The number of hydrogen-bond acceptors (Lipinski definition) is 6. The third-order valence-corrected chi connectivity index (χ3v) is 4.62. The molecule has 23 heavy (non-hydrogen) atoms. The molecule has 1 aromatic carbocycles. The number of hydrogen-bond donors (Lipinski definition) is 2. The van der Waals surface area contributed by atoms with E-state index in [-0.39, 0.29) is 12.6 Å². The quantitative estimate of drug-likeness (QED) is 0.805. The highest BCUT2D eigenvalue weighted by Gasteiger charge is 2.40. The maximum absolute atomic E-state index is 9.88. The van der Waals surface area contributed by atoms with Crippen LogP contribution in [-0.4, -0.2) is 62.1 Å². The molecule has 6 heteroatoms. The summed E-state index contributed by atoms with van der Waals surface area (Å²) in [7, 11) is 3.58. The van der Waals surface area contributed by atoms with Gasteiger partial charge in [-0.2, -0.15) is 5.26 Å². The fraction of sp³-hybridized carbons (Fsp3) is 0.588. The first-order valence-corrected chi connectivity index (χ1v) is 7.76. The van der Waals surface area contributed by atoms with Gasteiger partial charge >= 0.3 is 0 Å². The van der Waals surface area contributed by atoms with Crippen molar-refractivity contribution in [3.8, 4) is 11.8 Å². The molecule has 1 saturated heterocycles. The number of morpholine rings is 1. The van der Waals surface area contributed by atoms with Crippen LogP contribution in [0, 0.1) is 11.3 Å². The highest BCUT2D eigenvalue weighted by atomic mass is 16.5. The summed E-state index contributed by atoms with van der Waals surface area (Å²) in [6.07, 6.45) is 0. The Morgan fingerprint density at radius 2 is 2.35 bits per heavy atom. The minimum atomic E-state index is -0.433. The highest BCUT2D eigenvalue weighted by molar-refractivity contribution is 5.48. The first-order chi connectivity index (χ1) is 11.1. The van der Waals surface area contributed by atoms with Gasteiger partial charge in [0.1, 0.15) is 11.8 Å². The van der Waals surface area contributed by atoms with Gasteiger partial charge in [0.25, 0.3) is 0 Å². The number of likely N-dealkylation sites (N-methyl/N-ethyl adjacent to an activating group) is 1. The van der Waals surface area contributed by atoms with Gasteiger partial charge in [-0.1, -0.05) is 12.1 Å². The van der Waals surface area contributed by atoms with Gasteiger partial charge in [-0.3, -0.25) is 4.90 Å². The minimum absolute atomic E-state index is 0.0240. The number of methoxy groups -OCH3 is 1. The lowest BCUT2D eigenvalue weighted by molar-refractivity contribution is -0.106. The van der Waals surface area contributed by atoms with Gasteiger partial charge in [0.05, 0.1) is 38.0 Å². The summed E-state index contributed by atoms with van der Waals surface area (Å²) in [6.45, 7) is 4.43. The van der Waals surface area contributed by atoms with Gasteiger partial charge in [-0.05, 0) is 20.0 Å². The highest BCUT2D eigenvalue weighted by Crippen LogP contribution is 2.24. The summed E-state index contributed by atoms with van der Waals surface area (Å²) in [6, 6.07) is 7.91. The number of rotatable bonds is 6. The van der Waals surface area contributed by atoms with Crippen LogP contribution >= 0.6 is 0 Å². The van der Waals surface area contributed by atoms with Gasteiger partial charge in [-0.25, -0.2) is 0 Å². The molecule has 0 radical (unpaired) electrons. The number of ether oxygens (including phenoxy) is 2. The number of aliphatic hydroxyl groups is 1. The SMILES string of the molecule is COc1c(C#N)cccc1CNC[C@]1(CO)COC[C@@H](C)N1C. The molecule has 2 rings (SSSR count). The molecule has 1 aliphatic heterocycles. The second-order valence-corrected chi connectivity index (χ2v) is 6.07. The number of nitrogens with zero attached hydrogens (tertiary/aromatic N) is 2. The lowest BCUT2D eigenvalue weighted by Crippen LogP contribution is -2.65. The van der Waals surface area contributed by atoms with E-state index in [2.05, 4.69) is 23.2 Å². The van der Waals surface area contributed by atoms with Crippen LogP contribution in [0.2, 0.25) is 0 Å². The van der Waals surface area contributed by atoms with E-state index in [4.69, 9.17) is 14.7 Å². The van der Waals surface area contributed by atoms with Crippen molar-refractivity contribution in [3.63, 3.8) is 0 Å². The van der Waals surface area contributed by atoms with Crippen LogP contribution in [0.4, 0.5) is 0 Å². The van der Waals surface area contributed by atoms with Crippen molar-refractivity contribution < 1.29 is 14.6 Å². The molecule has 0 aliphatic carbocycles. The van der Waals surface area contributed by atoms with Crippen LogP contribution in [-0.2, 0) is 11.3 Å². The fourth-order valence-electron chi connectivity index (χ4n) is 2.97. The van der Waals surface area contributed by atoms with Crippen molar-refractivity contribution >= 4 is 0 Å². The summed E-state index contributed by atoms with van der Waals surface area (Å²) >= 11 is 0. The first kappa shape index (κ1) is 17.7. The van der Waals surface area contributed by atoms with Crippen molar-refractivity contribution in [2.24, 2.45) is 0 Å². The Hall–Kier alpha value is -1.65.